The highest BCUT2D eigenvalue weighted by Crippen LogP contribution is 2.54. The SMILES string of the molecule is COc1cccc(P(Cl)Cl)c1-c1c(OC)cccc1P(Cl)Cl. The lowest BCUT2D eigenvalue weighted by Gasteiger charge is -2.20. The number of ether oxygens (including phenoxy) is 2. The van der Waals surface area contributed by atoms with Crippen LogP contribution in [0, 0.1) is 0 Å². The molecule has 8 heteroatoms. The van der Waals surface area contributed by atoms with E-state index in [1.165, 1.54) is 0 Å². The Bertz CT molecular complexity index is 608. The number of hydrogen-bond donors (Lipinski definition) is 0. The van der Waals surface area contributed by atoms with E-state index in [0.29, 0.717) is 11.5 Å². The largest absolute Gasteiger partial charge is 0.496 e. The molecular weight excluding hydrogens is 404 g/mol. The average molecular weight is 416 g/mol. The number of hydrogen-bond acceptors (Lipinski definition) is 2. The Hall–Kier alpha value is 0.0600. The molecule has 0 aromatic heterocycles. The molecule has 22 heavy (non-hydrogen) atoms. The van der Waals surface area contributed by atoms with E-state index in [0.717, 1.165) is 21.7 Å². The second-order valence-corrected chi connectivity index (χ2v) is 11.2. The van der Waals surface area contributed by atoms with E-state index >= 15 is 0 Å². The molecule has 0 saturated carbocycles. The Balaban J connectivity index is 2.86. The van der Waals surface area contributed by atoms with Crippen molar-refractivity contribution in [2.45, 2.75) is 0 Å². The van der Waals surface area contributed by atoms with Gasteiger partial charge in [-0.15, -0.1) is 0 Å². The Morgan fingerprint density at radius 2 is 1.05 bits per heavy atom. The third kappa shape index (κ3) is 3.75. The van der Waals surface area contributed by atoms with Crippen molar-refractivity contribution in [1.29, 1.82) is 0 Å². The monoisotopic (exact) mass is 414 g/mol. The van der Waals surface area contributed by atoms with Gasteiger partial charge < -0.3 is 9.47 Å². The smallest absolute Gasteiger partial charge is 0.127 e. The fraction of sp³-hybridized carbons (Fsp3) is 0.143. The summed E-state index contributed by atoms with van der Waals surface area (Å²) in [5.41, 5.74) is 1.53. The molecule has 118 valence electrons. The highest BCUT2D eigenvalue weighted by Gasteiger charge is 2.24. The lowest BCUT2D eigenvalue weighted by molar-refractivity contribution is 0.411. The number of rotatable bonds is 5. The van der Waals surface area contributed by atoms with Crippen molar-refractivity contribution >= 4 is 68.8 Å². The first kappa shape index (κ1) is 18.4. The Labute approximate surface area is 151 Å². The van der Waals surface area contributed by atoms with Gasteiger partial charge in [-0.1, -0.05) is 69.2 Å². The predicted molar refractivity (Wildman–Crippen MR) is 102 cm³/mol. The molecule has 0 unspecified atom stereocenters. The molecule has 2 rings (SSSR count). The van der Waals surface area contributed by atoms with Crippen molar-refractivity contribution < 1.29 is 9.47 Å². The first-order chi connectivity index (χ1) is 10.5. The molecule has 2 aromatic carbocycles. The van der Waals surface area contributed by atoms with Gasteiger partial charge in [0.25, 0.3) is 0 Å². The summed E-state index contributed by atoms with van der Waals surface area (Å²) in [5, 5.41) is 1.54. The summed E-state index contributed by atoms with van der Waals surface area (Å²) in [6, 6.07) is 11.1. The molecular formula is C14H12Cl4O2P2. The van der Waals surface area contributed by atoms with Gasteiger partial charge in [0.2, 0.25) is 0 Å². The minimum atomic E-state index is -1.38. The molecule has 0 aliphatic carbocycles. The second-order valence-electron chi connectivity index (χ2n) is 4.17. The normalized spacial score (nSPS) is 11.1. The lowest BCUT2D eigenvalue weighted by atomic mass is 10.0. The van der Waals surface area contributed by atoms with E-state index in [-0.39, 0.29) is 0 Å². The molecule has 2 nitrogen and oxygen atoms in total. The molecule has 0 amide bonds. The van der Waals surface area contributed by atoms with Crippen molar-refractivity contribution in [2.75, 3.05) is 14.2 Å². The molecule has 0 bridgehead atoms. The zero-order valence-electron chi connectivity index (χ0n) is 11.7. The van der Waals surface area contributed by atoms with Crippen molar-refractivity contribution in [2.24, 2.45) is 0 Å². The van der Waals surface area contributed by atoms with Crippen LogP contribution in [0.3, 0.4) is 0 Å². The molecule has 0 aliphatic rings. The Kier molecular flexibility index (Phi) is 6.90. The van der Waals surface area contributed by atoms with Gasteiger partial charge in [-0.2, -0.15) is 0 Å². The van der Waals surface area contributed by atoms with Gasteiger partial charge in [0, 0.05) is 21.7 Å². The maximum Gasteiger partial charge on any atom is 0.127 e. The van der Waals surface area contributed by atoms with Crippen molar-refractivity contribution in [3.05, 3.63) is 36.4 Å². The van der Waals surface area contributed by atoms with Crippen LogP contribution in [0.5, 0.6) is 11.5 Å². The Morgan fingerprint density at radius 1 is 0.682 bits per heavy atom. The zero-order chi connectivity index (χ0) is 16.3. The molecule has 0 atom stereocenters. The van der Waals surface area contributed by atoms with Gasteiger partial charge in [0.05, 0.1) is 14.2 Å². The first-order valence-corrected chi connectivity index (χ1v) is 12.4. The fourth-order valence-corrected chi connectivity index (χ4v) is 5.03. The van der Waals surface area contributed by atoms with E-state index < -0.39 is 13.3 Å². The summed E-state index contributed by atoms with van der Waals surface area (Å²) >= 11 is 24.8. The molecule has 0 radical (unpaired) electrons. The molecule has 0 saturated heterocycles. The van der Waals surface area contributed by atoms with Crippen LogP contribution in [-0.4, -0.2) is 14.2 Å². The summed E-state index contributed by atoms with van der Waals surface area (Å²) in [6.45, 7) is -2.76. The summed E-state index contributed by atoms with van der Waals surface area (Å²) in [7, 11) is 3.18. The number of methoxy groups -OCH3 is 2. The number of benzene rings is 2. The lowest BCUT2D eigenvalue weighted by Crippen LogP contribution is -2.11. The van der Waals surface area contributed by atoms with Crippen LogP contribution in [0.15, 0.2) is 36.4 Å². The number of halogens is 4. The van der Waals surface area contributed by atoms with E-state index in [1.807, 2.05) is 36.4 Å². The van der Waals surface area contributed by atoms with E-state index in [4.69, 9.17) is 54.4 Å². The van der Waals surface area contributed by atoms with Crippen LogP contribution in [0.4, 0.5) is 0 Å². The van der Waals surface area contributed by atoms with Crippen LogP contribution >= 0.6 is 58.2 Å². The fourth-order valence-electron chi connectivity index (χ4n) is 2.16. The van der Waals surface area contributed by atoms with Crippen LogP contribution < -0.4 is 20.1 Å². The highest BCUT2D eigenvalue weighted by atomic mass is 35.9. The molecule has 0 heterocycles. The third-order valence-corrected chi connectivity index (χ3v) is 6.72. The van der Waals surface area contributed by atoms with Crippen LogP contribution in [-0.2, 0) is 0 Å². The van der Waals surface area contributed by atoms with Crippen LogP contribution in [0.1, 0.15) is 0 Å². The summed E-state index contributed by atoms with van der Waals surface area (Å²) in [4.78, 5) is 0. The van der Waals surface area contributed by atoms with Gasteiger partial charge >= 0.3 is 0 Å². The second kappa shape index (κ2) is 8.25. The average Bonchev–Trinajstić information content (AvgIpc) is 2.52. The van der Waals surface area contributed by atoms with Crippen LogP contribution in [0.25, 0.3) is 11.1 Å². The van der Waals surface area contributed by atoms with Gasteiger partial charge in [0.1, 0.15) is 24.8 Å². The summed E-state index contributed by atoms with van der Waals surface area (Å²) in [5.74, 6) is 1.28. The Morgan fingerprint density at radius 3 is 1.32 bits per heavy atom. The van der Waals surface area contributed by atoms with Crippen molar-refractivity contribution in [3.63, 3.8) is 0 Å². The maximum absolute atomic E-state index is 6.19. The molecule has 0 fully saturated rings. The van der Waals surface area contributed by atoms with E-state index in [9.17, 15) is 0 Å². The topological polar surface area (TPSA) is 18.5 Å². The van der Waals surface area contributed by atoms with Gasteiger partial charge in [0.15, 0.2) is 0 Å². The zero-order valence-corrected chi connectivity index (χ0v) is 16.5. The van der Waals surface area contributed by atoms with Gasteiger partial charge in [-0.3, -0.25) is 0 Å². The minimum Gasteiger partial charge on any atom is -0.496 e. The third-order valence-electron chi connectivity index (χ3n) is 3.06. The van der Waals surface area contributed by atoms with Crippen molar-refractivity contribution in [1.82, 2.24) is 0 Å². The van der Waals surface area contributed by atoms with E-state index in [1.54, 1.807) is 14.2 Å². The minimum absolute atomic E-state index is 0.641. The van der Waals surface area contributed by atoms with E-state index in [2.05, 4.69) is 0 Å². The maximum atomic E-state index is 6.19. The molecule has 0 N–H and O–H groups in total. The molecule has 0 spiro atoms. The highest BCUT2D eigenvalue weighted by molar-refractivity contribution is 8.09. The molecule has 0 aliphatic heterocycles. The molecule has 2 aromatic rings. The standard InChI is InChI=1S/C14H12Cl4O2P2/c1-19-9-5-3-7-11(21(15)16)13(9)14-10(20-2)6-4-8-12(14)22(17)18/h3-8H,1-2H3. The van der Waals surface area contributed by atoms with Crippen LogP contribution in [0.2, 0.25) is 0 Å². The van der Waals surface area contributed by atoms with Crippen molar-refractivity contribution in [3.8, 4) is 22.6 Å². The summed E-state index contributed by atoms with van der Waals surface area (Å²) in [6.07, 6.45) is 0. The predicted octanol–water partition coefficient (Wildman–Crippen LogP) is 6.20. The summed E-state index contributed by atoms with van der Waals surface area (Å²) < 4.78 is 11.0. The first-order valence-electron chi connectivity index (χ1n) is 6.09. The van der Waals surface area contributed by atoms with Gasteiger partial charge in [-0.05, 0) is 12.1 Å². The quantitative estimate of drug-likeness (QED) is 0.541. The van der Waals surface area contributed by atoms with Gasteiger partial charge in [-0.25, -0.2) is 0 Å².